The molecule has 4 nitrogen and oxygen atoms in total. The monoisotopic (exact) mass is 496 g/mol. The molecule has 0 saturated heterocycles. The first-order valence-corrected chi connectivity index (χ1v) is 14.4. The van der Waals surface area contributed by atoms with Gasteiger partial charge in [-0.05, 0) is 103 Å². The molecule has 2 N–H and O–H groups in total. The van der Waals surface area contributed by atoms with Crippen LogP contribution in [-0.4, -0.2) is 28.4 Å². The Morgan fingerprint density at radius 1 is 0.972 bits per heavy atom. The molecule has 5 aliphatic carbocycles. The van der Waals surface area contributed by atoms with Crippen molar-refractivity contribution >= 4 is 11.6 Å². The highest BCUT2D eigenvalue weighted by atomic mass is 16.3. The molecule has 5 aliphatic rings. The molecule has 4 saturated carbocycles. The minimum absolute atomic E-state index is 0.0163. The smallest absolute Gasteiger partial charge is 0.167 e. The Kier molecular flexibility index (Phi) is 5.68. The summed E-state index contributed by atoms with van der Waals surface area (Å²) in [5, 5.41) is 20.1. The highest BCUT2D eigenvalue weighted by Crippen LogP contribution is 2.75. The SMILES string of the molecule is CC1(C)CC[C@]2(CCO)CC[C@]3(C)[C@H](C(=O)C=C4[C@@]5(C)C/C(=C/O)C(=O)C(C)(C)[C@@H]5CC[C@]43C)[C@@H]2C1. The molecule has 0 radical (unpaired) electrons. The van der Waals surface area contributed by atoms with Crippen LogP contribution in [0, 0.1) is 50.2 Å². The van der Waals surface area contributed by atoms with Crippen LogP contribution in [0.1, 0.15) is 106 Å². The number of aliphatic hydroxyl groups is 2. The van der Waals surface area contributed by atoms with Gasteiger partial charge in [0.25, 0.3) is 0 Å². The van der Waals surface area contributed by atoms with Crippen molar-refractivity contribution in [1.82, 2.24) is 0 Å². The largest absolute Gasteiger partial charge is 0.515 e. The fourth-order valence-corrected chi connectivity index (χ4v) is 10.7. The molecule has 0 unspecified atom stereocenters. The number of fused-ring (bicyclic) bond motifs is 7. The van der Waals surface area contributed by atoms with Gasteiger partial charge in [0.2, 0.25) is 0 Å². The average Bonchev–Trinajstić information content (AvgIpc) is 2.79. The number of hydrogen-bond acceptors (Lipinski definition) is 4. The third kappa shape index (κ3) is 3.15. The normalized spacial score (nSPS) is 48.4. The maximum absolute atomic E-state index is 14.4. The number of rotatable bonds is 2. The molecule has 7 atom stereocenters. The Morgan fingerprint density at radius 2 is 1.64 bits per heavy atom. The Morgan fingerprint density at radius 3 is 2.28 bits per heavy atom. The van der Waals surface area contributed by atoms with Gasteiger partial charge in [0, 0.05) is 23.5 Å². The van der Waals surface area contributed by atoms with Crippen LogP contribution in [0.4, 0.5) is 0 Å². The molecular weight excluding hydrogens is 448 g/mol. The molecule has 200 valence electrons. The number of carbonyl (C=O) groups is 2. The van der Waals surface area contributed by atoms with E-state index in [1.807, 2.05) is 19.9 Å². The van der Waals surface area contributed by atoms with Gasteiger partial charge in [0.1, 0.15) is 0 Å². The van der Waals surface area contributed by atoms with Crippen molar-refractivity contribution in [1.29, 1.82) is 0 Å². The first kappa shape index (κ1) is 26.2. The lowest BCUT2D eigenvalue weighted by molar-refractivity contribution is -0.176. The minimum atomic E-state index is -0.569. The van der Waals surface area contributed by atoms with Crippen molar-refractivity contribution < 1.29 is 19.8 Å². The molecule has 0 spiro atoms. The molecule has 4 heteroatoms. The lowest BCUT2D eigenvalue weighted by atomic mass is 9.33. The van der Waals surface area contributed by atoms with E-state index in [4.69, 9.17) is 0 Å². The van der Waals surface area contributed by atoms with Crippen LogP contribution in [0.3, 0.4) is 0 Å². The van der Waals surface area contributed by atoms with E-state index in [1.165, 1.54) is 12.0 Å². The predicted molar refractivity (Wildman–Crippen MR) is 142 cm³/mol. The van der Waals surface area contributed by atoms with Crippen LogP contribution in [0.5, 0.6) is 0 Å². The third-order valence-electron chi connectivity index (χ3n) is 12.9. The summed E-state index contributed by atoms with van der Waals surface area (Å²) >= 11 is 0. The Hall–Kier alpha value is -1.42. The first-order valence-electron chi connectivity index (χ1n) is 14.4. The van der Waals surface area contributed by atoms with Gasteiger partial charge in [-0.1, -0.05) is 54.0 Å². The molecule has 0 aliphatic heterocycles. The molecule has 0 aromatic rings. The van der Waals surface area contributed by atoms with E-state index >= 15 is 0 Å². The Labute approximate surface area is 218 Å². The van der Waals surface area contributed by atoms with Crippen LogP contribution in [0.15, 0.2) is 23.5 Å². The summed E-state index contributed by atoms with van der Waals surface area (Å²) in [7, 11) is 0. The zero-order chi connectivity index (χ0) is 26.5. The number of hydrogen-bond donors (Lipinski definition) is 2. The fraction of sp³-hybridized carbons (Fsp3) is 0.812. The van der Waals surface area contributed by atoms with Crippen LogP contribution < -0.4 is 0 Å². The quantitative estimate of drug-likeness (QED) is 0.320. The van der Waals surface area contributed by atoms with Crippen molar-refractivity contribution in [2.24, 2.45) is 50.2 Å². The van der Waals surface area contributed by atoms with E-state index in [0.717, 1.165) is 51.2 Å². The summed E-state index contributed by atoms with van der Waals surface area (Å²) in [5.74, 6) is 0.771. The van der Waals surface area contributed by atoms with Gasteiger partial charge >= 0.3 is 0 Å². The van der Waals surface area contributed by atoms with Crippen LogP contribution >= 0.6 is 0 Å². The molecule has 36 heavy (non-hydrogen) atoms. The number of allylic oxidation sites excluding steroid dienone is 3. The minimum Gasteiger partial charge on any atom is -0.515 e. The van der Waals surface area contributed by atoms with E-state index in [0.29, 0.717) is 17.9 Å². The zero-order valence-corrected chi connectivity index (χ0v) is 23.7. The summed E-state index contributed by atoms with van der Waals surface area (Å²) in [6.07, 6.45) is 11.8. The van der Waals surface area contributed by atoms with Crippen molar-refractivity contribution in [2.75, 3.05) is 6.61 Å². The van der Waals surface area contributed by atoms with Gasteiger partial charge < -0.3 is 10.2 Å². The third-order valence-corrected chi connectivity index (χ3v) is 12.9. The van der Waals surface area contributed by atoms with Gasteiger partial charge in [0.15, 0.2) is 11.6 Å². The zero-order valence-electron chi connectivity index (χ0n) is 23.7. The van der Waals surface area contributed by atoms with Crippen molar-refractivity contribution in [2.45, 2.75) is 106 Å². The van der Waals surface area contributed by atoms with E-state index < -0.39 is 5.41 Å². The molecule has 0 bridgehead atoms. The maximum Gasteiger partial charge on any atom is 0.167 e. The molecule has 4 fully saturated rings. The van der Waals surface area contributed by atoms with E-state index in [2.05, 4.69) is 34.6 Å². The van der Waals surface area contributed by atoms with Gasteiger partial charge in [0.05, 0.1) is 6.26 Å². The molecule has 5 rings (SSSR count). The maximum atomic E-state index is 14.4. The van der Waals surface area contributed by atoms with E-state index in [1.54, 1.807) is 0 Å². The summed E-state index contributed by atoms with van der Waals surface area (Å²) in [6, 6.07) is 0. The van der Waals surface area contributed by atoms with Crippen molar-refractivity contribution in [3.05, 3.63) is 23.5 Å². The van der Waals surface area contributed by atoms with Gasteiger partial charge in [-0.15, -0.1) is 0 Å². The predicted octanol–water partition coefficient (Wildman–Crippen LogP) is 6.97. The number of Topliss-reactive ketones (excluding diaryl/α,β-unsaturated/α-hetero) is 1. The van der Waals surface area contributed by atoms with E-state index in [-0.39, 0.29) is 57.1 Å². The average molecular weight is 497 g/mol. The van der Waals surface area contributed by atoms with Crippen molar-refractivity contribution in [3.8, 4) is 0 Å². The Balaban J connectivity index is 1.66. The Bertz CT molecular complexity index is 1050. The van der Waals surface area contributed by atoms with Crippen LogP contribution in [0.25, 0.3) is 0 Å². The highest BCUT2D eigenvalue weighted by molar-refractivity contribution is 6.01. The van der Waals surface area contributed by atoms with Gasteiger partial charge in [-0.25, -0.2) is 0 Å². The summed E-state index contributed by atoms with van der Waals surface area (Å²) < 4.78 is 0. The second-order valence-electron chi connectivity index (χ2n) is 15.4. The lowest BCUT2D eigenvalue weighted by Crippen LogP contribution is -2.65. The van der Waals surface area contributed by atoms with Gasteiger partial charge in [-0.3, -0.25) is 9.59 Å². The fourth-order valence-electron chi connectivity index (χ4n) is 10.7. The molecule has 0 amide bonds. The molecular formula is C32H48O4. The lowest BCUT2D eigenvalue weighted by Gasteiger charge is -2.70. The van der Waals surface area contributed by atoms with E-state index in [9.17, 15) is 19.8 Å². The first-order chi connectivity index (χ1) is 16.6. The second-order valence-corrected chi connectivity index (χ2v) is 15.4. The van der Waals surface area contributed by atoms with Crippen molar-refractivity contribution in [3.63, 3.8) is 0 Å². The number of carbonyl (C=O) groups excluding carboxylic acids is 2. The van der Waals surface area contributed by atoms with Crippen LogP contribution in [-0.2, 0) is 9.59 Å². The van der Waals surface area contributed by atoms with Crippen LogP contribution in [0.2, 0.25) is 0 Å². The standard InChI is InChI=1S/C32H48O4/c1-27(2)10-12-32(14-15-33)13-11-31(7)25(21(32)18-27)22(35)16-24-29(5)17-20(19-34)26(36)28(3,4)23(29)8-9-30(24,31)6/h16,19,21,23,25,33-34H,8-15,17-18H2,1-7H3/b20-19-/t21-,23-,25-,29-,30+,31+,32+/m0/s1. The molecule has 0 aromatic heterocycles. The molecule has 0 aromatic carbocycles. The summed E-state index contributed by atoms with van der Waals surface area (Å²) in [6.45, 7) is 16.1. The summed E-state index contributed by atoms with van der Waals surface area (Å²) in [5.41, 5.74) is 0.858. The highest BCUT2D eigenvalue weighted by Gasteiger charge is 2.70. The number of aliphatic hydroxyl groups excluding tert-OH is 2. The molecule has 0 heterocycles. The second kappa shape index (κ2) is 7.80. The summed E-state index contributed by atoms with van der Waals surface area (Å²) in [4.78, 5) is 27.6. The topological polar surface area (TPSA) is 74.6 Å². The van der Waals surface area contributed by atoms with Gasteiger partial charge in [-0.2, -0.15) is 0 Å². The number of ketones is 2.